The van der Waals surface area contributed by atoms with Gasteiger partial charge in [0.25, 0.3) is 0 Å². The molecule has 0 amide bonds. The summed E-state index contributed by atoms with van der Waals surface area (Å²) in [5.74, 6) is 0.862. The fourth-order valence-electron chi connectivity index (χ4n) is 4.04. The smallest absolute Gasteiger partial charge is 0.188 e. The quantitative estimate of drug-likeness (QED) is 0.480. The minimum atomic E-state index is 0.347. The summed E-state index contributed by atoms with van der Waals surface area (Å²) in [6.07, 6.45) is 6.07. The first-order valence-corrected chi connectivity index (χ1v) is 10.8. The lowest BCUT2D eigenvalue weighted by atomic mass is 10.1. The van der Waals surface area contributed by atoms with E-state index in [1.807, 2.05) is 24.5 Å². The fourth-order valence-corrected chi connectivity index (χ4v) is 4.71. The second-order valence-electron chi connectivity index (χ2n) is 7.51. The van der Waals surface area contributed by atoms with E-state index in [1.54, 1.807) is 11.3 Å². The fraction of sp³-hybridized carbons (Fsp3) is 0.261. The molecule has 146 valence electrons. The van der Waals surface area contributed by atoms with Gasteiger partial charge in [-0.3, -0.25) is 9.88 Å². The van der Waals surface area contributed by atoms with Gasteiger partial charge in [-0.15, -0.1) is 11.3 Å². The summed E-state index contributed by atoms with van der Waals surface area (Å²) in [4.78, 5) is 17.4. The summed E-state index contributed by atoms with van der Waals surface area (Å²) in [6, 6.07) is 17.3. The highest BCUT2D eigenvalue weighted by Gasteiger charge is 2.27. The van der Waals surface area contributed by atoms with Gasteiger partial charge < -0.3 is 5.32 Å². The molecule has 1 N–H and O–H groups in total. The highest BCUT2D eigenvalue weighted by molar-refractivity contribution is 7.15. The summed E-state index contributed by atoms with van der Waals surface area (Å²) in [5, 5.41) is 5.43. The van der Waals surface area contributed by atoms with Gasteiger partial charge in [-0.1, -0.05) is 18.2 Å². The van der Waals surface area contributed by atoms with Gasteiger partial charge in [0.05, 0.1) is 17.3 Å². The number of anilines is 2. The number of fused-ring (bicyclic) bond motifs is 1. The molecule has 0 aliphatic carbocycles. The lowest BCUT2D eigenvalue weighted by molar-refractivity contribution is 0.244. The van der Waals surface area contributed by atoms with Crippen molar-refractivity contribution >= 4 is 33.2 Å². The summed E-state index contributed by atoms with van der Waals surface area (Å²) >= 11 is 1.65. The van der Waals surface area contributed by atoms with E-state index in [2.05, 4.69) is 63.5 Å². The predicted octanol–water partition coefficient (Wildman–Crippen LogP) is 5.48. The van der Waals surface area contributed by atoms with Crippen molar-refractivity contribution in [2.75, 3.05) is 11.9 Å². The Morgan fingerprint density at radius 3 is 3.00 bits per heavy atom. The zero-order valence-corrected chi connectivity index (χ0v) is 17.2. The van der Waals surface area contributed by atoms with Crippen molar-refractivity contribution in [3.63, 3.8) is 0 Å². The Bertz CT molecular complexity index is 1140. The molecule has 3 aromatic heterocycles. The minimum Gasteiger partial charge on any atom is -0.316 e. The molecular weight excluding hydrogens is 378 g/mol. The maximum atomic E-state index is 4.90. The number of benzene rings is 1. The molecule has 1 unspecified atom stereocenters. The van der Waals surface area contributed by atoms with Crippen molar-refractivity contribution in [1.82, 2.24) is 19.9 Å². The van der Waals surface area contributed by atoms with Crippen LogP contribution in [0, 0.1) is 6.92 Å². The SMILES string of the molecule is Cc1cnc(Nc2cccc(C3CCCN3Cc3ccc4ncccc4c3)n2)s1. The summed E-state index contributed by atoms with van der Waals surface area (Å²) < 4.78 is 0. The van der Waals surface area contributed by atoms with E-state index in [0.717, 1.165) is 41.7 Å². The van der Waals surface area contributed by atoms with Gasteiger partial charge in [0.15, 0.2) is 5.13 Å². The number of pyridine rings is 2. The van der Waals surface area contributed by atoms with Gasteiger partial charge in [-0.2, -0.15) is 0 Å². The Kier molecular flexibility index (Phi) is 4.96. The standard InChI is InChI=1S/C23H23N5S/c1-16-14-25-23(29-16)27-22-8-2-6-20(26-22)21-7-4-12-28(21)15-17-9-10-19-18(13-17)5-3-11-24-19/h2-3,5-6,8-11,13-14,21H,4,7,12,15H2,1H3,(H,25,26,27). The van der Waals surface area contributed by atoms with Crippen LogP contribution in [0.4, 0.5) is 10.9 Å². The van der Waals surface area contributed by atoms with Crippen molar-refractivity contribution in [3.05, 3.63) is 77.1 Å². The largest absolute Gasteiger partial charge is 0.316 e. The lowest BCUT2D eigenvalue weighted by Gasteiger charge is -2.24. The Balaban J connectivity index is 1.35. The van der Waals surface area contributed by atoms with Crippen LogP contribution < -0.4 is 5.32 Å². The van der Waals surface area contributed by atoms with Crippen LogP contribution in [0.2, 0.25) is 0 Å². The van der Waals surface area contributed by atoms with Crippen LogP contribution in [0.15, 0.2) is 60.9 Å². The van der Waals surface area contributed by atoms with Gasteiger partial charge in [-0.25, -0.2) is 9.97 Å². The third-order valence-corrected chi connectivity index (χ3v) is 6.21. The van der Waals surface area contributed by atoms with E-state index in [1.165, 1.54) is 22.2 Å². The second kappa shape index (κ2) is 7.89. The van der Waals surface area contributed by atoms with E-state index in [9.17, 15) is 0 Å². The molecule has 5 nitrogen and oxygen atoms in total. The molecule has 1 atom stereocenters. The monoisotopic (exact) mass is 401 g/mol. The first kappa shape index (κ1) is 18.2. The molecule has 0 spiro atoms. The Labute approximate surface area is 174 Å². The third kappa shape index (κ3) is 3.99. The van der Waals surface area contributed by atoms with Crippen LogP contribution in [-0.4, -0.2) is 26.4 Å². The van der Waals surface area contributed by atoms with E-state index >= 15 is 0 Å². The number of rotatable bonds is 5. The molecule has 0 saturated carbocycles. The van der Waals surface area contributed by atoms with Crippen molar-refractivity contribution in [1.29, 1.82) is 0 Å². The topological polar surface area (TPSA) is 53.9 Å². The maximum absolute atomic E-state index is 4.90. The van der Waals surface area contributed by atoms with E-state index in [-0.39, 0.29) is 0 Å². The average Bonchev–Trinajstić information content (AvgIpc) is 3.37. The van der Waals surface area contributed by atoms with Gasteiger partial charge in [0, 0.05) is 29.2 Å². The number of likely N-dealkylation sites (tertiary alicyclic amines) is 1. The van der Waals surface area contributed by atoms with Crippen LogP contribution in [0.5, 0.6) is 0 Å². The van der Waals surface area contributed by atoms with Crippen LogP contribution in [0.1, 0.15) is 35.0 Å². The van der Waals surface area contributed by atoms with Crippen molar-refractivity contribution in [2.24, 2.45) is 0 Å². The number of aromatic nitrogens is 3. The van der Waals surface area contributed by atoms with Crippen molar-refractivity contribution < 1.29 is 0 Å². The molecular formula is C23H23N5S. The summed E-state index contributed by atoms with van der Waals surface area (Å²) in [5.41, 5.74) is 3.50. The van der Waals surface area contributed by atoms with Gasteiger partial charge in [0.2, 0.25) is 0 Å². The van der Waals surface area contributed by atoms with Gasteiger partial charge >= 0.3 is 0 Å². The Hall–Kier alpha value is -2.83. The number of hydrogen-bond acceptors (Lipinski definition) is 6. The number of aryl methyl sites for hydroxylation is 1. The van der Waals surface area contributed by atoms with Crippen LogP contribution in [-0.2, 0) is 6.54 Å². The molecule has 0 bridgehead atoms. The normalized spacial score (nSPS) is 17.1. The zero-order valence-electron chi connectivity index (χ0n) is 16.4. The number of nitrogens with one attached hydrogen (secondary N) is 1. The minimum absolute atomic E-state index is 0.347. The van der Waals surface area contributed by atoms with E-state index in [4.69, 9.17) is 4.98 Å². The molecule has 1 aliphatic rings. The average molecular weight is 402 g/mol. The second-order valence-corrected chi connectivity index (χ2v) is 8.74. The predicted molar refractivity (Wildman–Crippen MR) is 118 cm³/mol. The number of thiazole rings is 1. The lowest BCUT2D eigenvalue weighted by Crippen LogP contribution is -2.23. The first-order chi connectivity index (χ1) is 14.2. The molecule has 1 fully saturated rings. The molecule has 5 rings (SSSR count). The molecule has 4 heterocycles. The van der Waals surface area contributed by atoms with Crippen LogP contribution in [0.25, 0.3) is 10.9 Å². The van der Waals surface area contributed by atoms with Gasteiger partial charge in [0.1, 0.15) is 5.82 Å². The van der Waals surface area contributed by atoms with Crippen molar-refractivity contribution in [3.8, 4) is 0 Å². The molecule has 1 aliphatic heterocycles. The highest BCUT2D eigenvalue weighted by atomic mass is 32.1. The third-order valence-electron chi connectivity index (χ3n) is 5.39. The zero-order chi connectivity index (χ0) is 19.6. The highest BCUT2D eigenvalue weighted by Crippen LogP contribution is 2.33. The Morgan fingerprint density at radius 2 is 2.10 bits per heavy atom. The molecule has 4 aromatic rings. The molecule has 1 saturated heterocycles. The van der Waals surface area contributed by atoms with Crippen molar-refractivity contribution in [2.45, 2.75) is 32.4 Å². The van der Waals surface area contributed by atoms with E-state index in [0.29, 0.717) is 6.04 Å². The molecule has 29 heavy (non-hydrogen) atoms. The van der Waals surface area contributed by atoms with Crippen LogP contribution >= 0.6 is 11.3 Å². The van der Waals surface area contributed by atoms with Crippen LogP contribution in [0.3, 0.4) is 0 Å². The number of hydrogen-bond donors (Lipinski definition) is 1. The number of nitrogens with zero attached hydrogens (tertiary/aromatic N) is 4. The first-order valence-electron chi connectivity index (χ1n) is 9.99. The van der Waals surface area contributed by atoms with E-state index < -0.39 is 0 Å². The summed E-state index contributed by atoms with van der Waals surface area (Å²) in [6.45, 7) is 4.09. The Morgan fingerprint density at radius 1 is 1.14 bits per heavy atom. The van der Waals surface area contributed by atoms with Gasteiger partial charge in [-0.05, 0) is 62.2 Å². The summed E-state index contributed by atoms with van der Waals surface area (Å²) in [7, 11) is 0. The molecule has 1 aromatic carbocycles. The maximum Gasteiger partial charge on any atom is 0.188 e. The molecule has 6 heteroatoms. The molecule has 0 radical (unpaired) electrons.